The molecule has 7 heteroatoms. The van der Waals surface area contributed by atoms with Crippen LogP contribution in [0.3, 0.4) is 0 Å². The summed E-state index contributed by atoms with van der Waals surface area (Å²) in [5.41, 5.74) is 2.68. The number of rotatable bonds is 4. The smallest absolute Gasteiger partial charge is 0.228 e. The van der Waals surface area contributed by atoms with Gasteiger partial charge in [-0.1, -0.05) is 25.5 Å². The van der Waals surface area contributed by atoms with Crippen molar-refractivity contribution >= 4 is 23.8 Å². The highest BCUT2D eigenvalue weighted by atomic mass is 32.1. The van der Waals surface area contributed by atoms with Crippen molar-refractivity contribution in [3.63, 3.8) is 0 Å². The fourth-order valence-corrected chi connectivity index (χ4v) is 3.44. The molecule has 0 aromatic carbocycles. The van der Waals surface area contributed by atoms with E-state index in [1.165, 1.54) is 5.57 Å². The molecule has 0 saturated heterocycles. The summed E-state index contributed by atoms with van der Waals surface area (Å²) in [6, 6.07) is 1.86. The van der Waals surface area contributed by atoms with Crippen LogP contribution in [0.5, 0.6) is 0 Å². The van der Waals surface area contributed by atoms with E-state index in [9.17, 15) is 4.79 Å². The van der Waals surface area contributed by atoms with Crippen LogP contribution in [0.1, 0.15) is 27.7 Å². The SMILES string of the molecule is CC(C)=C[C@H]1[C@H](C(=O)Nc2cncc(-c3n[nH]c(=S)n3C)c2)C1(C)C. The van der Waals surface area contributed by atoms with Crippen LogP contribution in [-0.2, 0) is 11.8 Å². The molecule has 1 saturated carbocycles. The van der Waals surface area contributed by atoms with Crippen LogP contribution in [0.2, 0.25) is 0 Å². The standard InChI is InChI=1S/C18H23N5OS/c1-10(2)6-13-14(18(13,3)4)16(24)20-12-7-11(8-19-9-12)15-21-22-17(25)23(15)5/h6-9,13-14H,1-5H3,(H,20,24)(H,22,25)/t13-,14+/m0/s1. The summed E-state index contributed by atoms with van der Waals surface area (Å²) >= 11 is 5.14. The number of carbonyl (C=O) groups is 1. The molecular formula is C18H23N5OS. The Kier molecular flexibility index (Phi) is 4.36. The van der Waals surface area contributed by atoms with E-state index in [1.807, 2.05) is 13.1 Å². The average Bonchev–Trinajstić information content (AvgIpc) is 2.88. The Morgan fingerprint density at radius 3 is 2.72 bits per heavy atom. The van der Waals surface area contributed by atoms with Gasteiger partial charge in [-0.25, -0.2) is 0 Å². The molecule has 0 aliphatic heterocycles. The lowest BCUT2D eigenvalue weighted by Gasteiger charge is -2.07. The molecule has 1 aliphatic carbocycles. The molecule has 1 aliphatic rings. The van der Waals surface area contributed by atoms with Crippen molar-refractivity contribution in [3.8, 4) is 11.4 Å². The third kappa shape index (κ3) is 3.28. The van der Waals surface area contributed by atoms with Gasteiger partial charge in [0.2, 0.25) is 5.91 Å². The monoisotopic (exact) mass is 357 g/mol. The van der Waals surface area contributed by atoms with Crippen molar-refractivity contribution < 1.29 is 4.79 Å². The second-order valence-electron chi connectivity index (χ2n) is 7.43. The Bertz CT molecular complexity index is 904. The van der Waals surface area contributed by atoms with Crippen LogP contribution in [0.15, 0.2) is 30.1 Å². The van der Waals surface area contributed by atoms with E-state index < -0.39 is 0 Å². The summed E-state index contributed by atoms with van der Waals surface area (Å²) in [5, 5.41) is 9.95. The van der Waals surface area contributed by atoms with Crippen molar-refractivity contribution in [3.05, 3.63) is 34.9 Å². The minimum atomic E-state index is -0.0215. The highest BCUT2D eigenvalue weighted by molar-refractivity contribution is 7.71. The summed E-state index contributed by atoms with van der Waals surface area (Å²) in [5.74, 6) is 0.969. The van der Waals surface area contributed by atoms with Crippen molar-refractivity contribution in [1.82, 2.24) is 19.7 Å². The lowest BCUT2D eigenvalue weighted by molar-refractivity contribution is -0.118. The first-order valence-electron chi connectivity index (χ1n) is 8.24. The number of nitrogens with zero attached hydrogens (tertiary/aromatic N) is 3. The zero-order valence-electron chi connectivity index (χ0n) is 15.1. The van der Waals surface area contributed by atoms with Gasteiger partial charge >= 0.3 is 0 Å². The van der Waals surface area contributed by atoms with E-state index in [-0.39, 0.29) is 23.2 Å². The average molecular weight is 357 g/mol. The van der Waals surface area contributed by atoms with Crippen molar-refractivity contribution in [2.45, 2.75) is 27.7 Å². The normalized spacial score (nSPS) is 20.8. The number of anilines is 1. The Balaban J connectivity index is 1.79. The van der Waals surface area contributed by atoms with Gasteiger partial charge in [-0.3, -0.25) is 14.9 Å². The predicted octanol–water partition coefficient (Wildman–Crippen LogP) is 3.72. The van der Waals surface area contributed by atoms with Crippen molar-refractivity contribution in [2.75, 3.05) is 5.32 Å². The molecular weight excluding hydrogens is 334 g/mol. The van der Waals surface area contributed by atoms with Crippen LogP contribution in [0.25, 0.3) is 11.4 Å². The van der Waals surface area contributed by atoms with Crippen LogP contribution in [0, 0.1) is 22.0 Å². The van der Waals surface area contributed by atoms with Crippen LogP contribution in [0.4, 0.5) is 5.69 Å². The molecule has 132 valence electrons. The van der Waals surface area contributed by atoms with Crippen molar-refractivity contribution in [2.24, 2.45) is 24.3 Å². The van der Waals surface area contributed by atoms with Gasteiger partial charge < -0.3 is 9.88 Å². The number of carbonyl (C=O) groups excluding carboxylic acids is 1. The fourth-order valence-electron chi connectivity index (χ4n) is 3.30. The molecule has 0 spiro atoms. The Hall–Kier alpha value is -2.28. The van der Waals surface area contributed by atoms with Gasteiger partial charge in [0, 0.05) is 18.8 Å². The minimum Gasteiger partial charge on any atom is -0.324 e. The van der Waals surface area contributed by atoms with Gasteiger partial charge in [-0.2, -0.15) is 5.10 Å². The molecule has 0 radical (unpaired) electrons. The quantitative estimate of drug-likeness (QED) is 0.646. The van der Waals surface area contributed by atoms with E-state index in [2.05, 4.69) is 54.3 Å². The van der Waals surface area contributed by atoms with E-state index in [0.717, 1.165) is 5.56 Å². The number of amides is 1. The van der Waals surface area contributed by atoms with Gasteiger partial charge in [-0.15, -0.1) is 0 Å². The molecule has 6 nitrogen and oxygen atoms in total. The summed E-state index contributed by atoms with van der Waals surface area (Å²) in [6.45, 7) is 8.39. The van der Waals surface area contributed by atoms with E-state index in [1.54, 1.807) is 17.0 Å². The van der Waals surface area contributed by atoms with Crippen LogP contribution in [-0.4, -0.2) is 25.7 Å². The summed E-state index contributed by atoms with van der Waals surface area (Å²) < 4.78 is 2.31. The van der Waals surface area contributed by atoms with Crippen LogP contribution < -0.4 is 5.32 Å². The van der Waals surface area contributed by atoms with Gasteiger partial charge in [-0.05, 0) is 43.5 Å². The fraction of sp³-hybridized carbons (Fsp3) is 0.444. The first-order valence-corrected chi connectivity index (χ1v) is 8.65. The number of H-pyrrole nitrogens is 1. The van der Waals surface area contributed by atoms with Gasteiger partial charge in [0.1, 0.15) is 0 Å². The zero-order valence-corrected chi connectivity index (χ0v) is 15.9. The Labute approximate surface area is 152 Å². The molecule has 2 aromatic rings. The minimum absolute atomic E-state index is 0.0156. The predicted molar refractivity (Wildman–Crippen MR) is 100 cm³/mol. The number of aromatic amines is 1. The molecule has 2 aromatic heterocycles. The first kappa shape index (κ1) is 17.5. The van der Waals surface area contributed by atoms with E-state index in [0.29, 0.717) is 16.3 Å². The number of pyridine rings is 1. The number of nitrogens with one attached hydrogen (secondary N) is 2. The zero-order chi connectivity index (χ0) is 18.4. The maximum absolute atomic E-state index is 12.7. The van der Waals surface area contributed by atoms with Crippen molar-refractivity contribution in [1.29, 1.82) is 0 Å². The highest BCUT2D eigenvalue weighted by Crippen LogP contribution is 2.59. The highest BCUT2D eigenvalue weighted by Gasteiger charge is 2.60. The third-order valence-corrected chi connectivity index (χ3v) is 5.21. The Morgan fingerprint density at radius 1 is 1.40 bits per heavy atom. The summed E-state index contributed by atoms with van der Waals surface area (Å²) in [7, 11) is 1.84. The lowest BCUT2D eigenvalue weighted by Crippen LogP contribution is -2.17. The van der Waals surface area contributed by atoms with Crippen LogP contribution >= 0.6 is 12.2 Å². The molecule has 3 rings (SSSR count). The maximum atomic E-state index is 12.7. The number of aromatic nitrogens is 4. The molecule has 1 fully saturated rings. The summed E-state index contributed by atoms with van der Waals surface area (Å²) in [4.78, 5) is 16.9. The molecule has 2 heterocycles. The molecule has 25 heavy (non-hydrogen) atoms. The van der Waals surface area contributed by atoms with E-state index in [4.69, 9.17) is 12.2 Å². The second kappa shape index (κ2) is 6.22. The number of hydrogen-bond donors (Lipinski definition) is 2. The number of allylic oxidation sites excluding steroid dienone is 2. The molecule has 2 N–H and O–H groups in total. The largest absolute Gasteiger partial charge is 0.324 e. The first-order chi connectivity index (χ1) is 11.7. The van der Waals surface area contributed by atoms with E-state index >= 15 is 0 Å². The second-order valence-corrected chi connectivity index (χ2v) is 7.82. The van der Waals surface area contributed by atoms with Gasteiger partial charge in [0.05, 0.1) is 17.8 Å². The molecule has 0 bridgehead atoms. The lowest BCUT2D eigenvalue weighted by atomic mass is 10.1. The summed E-state index contributed by atoms with van der Waals surface area (Å²) in [6.07, 6.45) is 5.54. The van der Waals surface area contributed by atoms with Gasteiger partial charge in [0.25, 0.3) is 0 Å². The maximum Gasteiger partial charge on any atom is 0.228 e. The molecule has 1 amide bonds. The van der Waals surface area contributed by atoms with Gasteiger partial charge in [0.15, 0.2) is 10.6 Å². The molecule has 0 unspecified atom stereocenters. The molecule has 2 atom stereocenters. The number of hydrogen-bond acceptors (Lipinski definition) is 4. The topological polar surface area (TPSA) is 75.6 Å². The Morgan fingerprint density at radius 2 is 2.12 bits per heavy atom. The third-order valence-electron chi connectivity index (χ3n) is 4.85.